The first-order valence-electron chi connectivity index (χ1n) is 13.7. The van der Waals surface area contributed by atoms with Crippen molar-refractivity contribution >= 4 is 88.4 Å². The number of hydrogen-bond donors (Lipinski definition) is 0. The van der Waals surface area contributed by atoms with Gasteiger partial charge < -0.3 is 23.3 Å². The van der Waals surface area contributed by atoms with Crippen LogP contribution in [0.4, 0.5) is 0 Å². The number of carbonyl (C=O) groups excluding carboxylic acids is 4. The number of amides is 2. The Morgan fingerprint density at radius 3 is 1.47 bits per heavy atom. The van der Waals surface area contributed by atoms with Gasteiger partial charge in [0.05, 0.1) is 34.7 Å². The number of fused-ring (bicyclic) bond motifs is 6. The molecule has 0 saturated heterocycles. The van der Waals surface area contributed by atoms with Crippen molar-refractivity contribution < 1.29 is 33.4 Å². The van der Waals surface area contributed by atoms with Gasteiger partial charge in [-0.1, -0.05) is 83.3 Å². The first kappa shape index (κ1) is 30.1. The molecule has 13 heteroatoms. The van der Waals surface area contributed by atoms with E-state index in [1.54, 1.807) is 9.13 Å². The molecule has 6 aromatic rings. The van der Waals surface area contributed by atoms with Gasteiger partial charge in [0, 0.05) is 10.8 Å². The average molecular weight is 643 g/mol. The highest BCUT2D eigenvalue weighted by Gasteiger charge is 2.16. The summed E-state index contributed by atoms with van der Waals surface area (Å²) >= 11 is 2.55. The van der Waals surface area contributed by atoms with Gasteiger partial charge in [0.15, 0.2) is 9.60 Å². The fourth-order valence-electron chi connectivity index (χ4n) is 4.96. The highest BCUT2D eigenvalue weighted by molar-refractivity contribution is 7.17. The van der Waals surface area contributed by atoms with Crippen molar-refractivity contribution in [2.24, 2.45) is 9.98 Å². The molecule has 2 aromatic heterocycles. The molecule has 4 aromatic carbocycles. The van der Waals surface area contributed by atoms with Gasteiger partial charge in [0.25, 0.3) is 11.8 Å². The number of thiazole rings is 2. The van der Waals surface area contributed by atoms with Gasteiger partial charge in [-0.25, -0.2) is 0 Å². The number of rotatable bonds is 8. The van der Waals surface area contributed by atoms with Crippen molar-refractivity contribution in [2.75, 3.05) is 27.4 Å². The molecule has 0 aliphatic carbocycles. The second-order valence-electron chi connectivity index (χ2n) is 9.87. The van der Waals surface area contributed by atoms with Crippen LogP contribution in [-0.4, -0.2) is 60.3 Å². The third-order valence-electron chi connectivity index (χ3n) is 7.07. The minimum Gasteiger partial charge on any atom is -0.468 e. The van der Waals surface area contributed by atoms with Crippen LogP contribution < -0.4 is 9.60 Å². The lowest BCUT2D eigenvalue weighted by Gasteiger charge is -2.05. The maximum absolute atomic E-state index is 12.8. The predicted octanol–water partition coefficient (Wildman–Crippen LogP) is 3.94. The number of aromatic nitrogens is 2. The number of nitrogens with zero attached hydrogens (tertiary/aromatic N) is 4. The quantitative estimate of drug-likeness (QED) is 0.230. The number of carbonyl (C=O) groups is 4. The van der Waals surface area contributed by atoms with Crippen LogP contribution in [0.2, 0.25) is 0 Å². The summed E-state index contributed by atoms with van der Waals surface area (Å²) in [4.78, 5) is 59.0. The van der Waals surface area contributed by atoms with Gasteiger partial charge in [-0.3, -0.25) is 19.2 Å². The van der Waals surface area contributed by atoms with E-state index in [2.05, 4.69) is 9.98 Å². The van der Waals surface area contributed by atoms with Gasteiger partial charge in [0.2, 0.25) is 0 Å². The monoisotopic (exact) mass is 642 g/mol. The topological polar surface area (TPSA) is 131 Å². The Kier molecular flexibility index (Phi) is 8.65. The number of ether oxygens (including phenoxy) is 3. The third kappa shape index (κ3) is 6.18. The maximum atomic E-state index is 12.8. The lowest BCUT2D eigenvalue weighted by molar-refractivity contribution is -0.142. The molecule has 0 spiro atoms. The maximum Gasteiger partial charge on any atom is 0.325 e. The largest absolute Gasteiger partial charge is 0.468 e. The van der Waals surface area contributed by atoms with Crippen molar-refractivity contribution in [3.05, 3.63) is 82.4 Å². The SMILES string of the molecule is COC(=O)Cn1c(=NC(=O)COCC(=O)N=c2sc3c4ccccc4ccc3n2CC(=O)OC)sc2c3ccccc3ccc21. The molecule has 45 heavy (non-hydrogen) atoms. The molecule has 0 aliphatic rings. The molecular formula is C32H26N4O7S2. The molecule has 0 atom stereocenters. The van der Waals surface area contributed by atoms with Crippen LogP contribution in [0.1, 0.15) is 0 Å². The highest BCUT2D eigenvalue weighted by Crippen LogP contribution is 2.29. The zero-order valence-corrected chi connectivity index (χ0v) is 25.9. The number of hydrogen-bond acceptors (Lipinski definition) is 9. The lowest BCUT2D eigenvalue weighted by atomic mass is 10.1. The fourth-order valence-corrected chi connectivity index (χ4v) is 7.33. The van der Waals surface area contributed by atoms with Crippen molar-refractivity contribution in [2.45, 2.75) is 13.1 Å². The van der Waals surface area contributed by atoms with Gasteiger partial charge in [-0.05, 0) is 22.9 Å². The van der Waals surface area contributed by atoms with Crippen molar-refractivity contribution in [1.82, 2.24) is 9.13 Å². The van der Waals surface area contributed by atoms with E-state index in [0.717, 1.165) is 42.0 Å². The Labute approximate surface area is 263 Å². The Morgan fingerprint density at radius 1 is 0.622 bits per heavy atom. The zero-order valence-electron chi connectivity index (χ0n) is 24.2. The van der Waals surface area contributed by atoms with Gasteiger partial charge in [-0.15, -0.1) is 0 Å². The van der Waals surface area contributed by atoms with E-state index >= 15 is 0 Å². The zero-order chi connectivity index (χ0) is 31.5. The van der Waals surface area contributed by atoms with Crippen LogP contribution in [0.15, 0.2) is 82.8 Å². The minimum atomic E-state index is -0.633. The summed E-state index contributed by atoms with van der Waals surface area (Å²) in [5.41, 5.74) is 1.48. The second kappa shape index (κ2) is 12.9. The van der Waals surface area contributed by atoms with Crippen LogP contribution in [-0.2, 0) is 46.5 Å². The molecule has 2 amide bonds. The molecule has 2 heterocycles. The molecule has 0 fully saturated rings. The van der Waals surface area contributed by atoms with E-state index in [1.807, 2.05) is 72.8 Å². The van der Waals surface area contributed by atoms with E-state index in [0.29, 0.717) is 9.60 Å². The first-order valence-corrected chi connectivity index (χ1v) is 15.4. The van der Waals surface area contributed by atoms with Crippen LogP contribution in [0.5, 0.6) is 0 Å². The van der Waals surface area contributed by atoms with Crippen molar-refractivity contribution in [1.29, 1.82) is 0 Å². The predicted molar refractivity (Wildman–Crippen MR) is 171 cm³/mol. The van der Waals surface area contributed by atoms with E-state index in [-0.39, 0.29) is 13.1 Å². The van der Waals surface area contributed by atoms with Crippen LogP contribution in [0.25, 0.3) is 42.0 Å². The standard InChI is InChI=1S/C32H26N4O7S2/c1-41-27(39)15-35-23-13-11-19-7-3-5-9-21(19)29(23)44-31(35)33-25(37)17-43-18-26(38)34-32-36(16-28(40)42-2)24-14-12-20-8-4-6-10-22(20)30(24)45-32/h3-14H,15-18H2,1-2H3. The Morgan fingerprint density at radius 2 is 1.04 bits per heavy atom. The van der Waals surface area contributed by atoms with Crippen LogP contribution in [0, 0.1) is 0 Å². The molecule has 228 valence electrons. The summed E-state index contributed by atoms with van der Waals surface area (Å²) in [6, 6.07) is 23.2. The summed E-state index contributed by atoms with van der Waals surface area (Å²) < 4.78 is 20.1. The van der Waals surface area contributed by atoms with E-state index < -0.39 is 37.0 Å². The molecule has 0 N–H and O–H groups in total. The highest BCUT2D eigenvalue weighted by atomic mass is 32.1. The Hall–Kier alpha value is -4.98. The minimum absolute atomic E-state index is 0.130. The second-order valence-corrected chi connectivity index (χ2v) is 11.8. The fraction of sp³-hybridized carbons (Fsp3) is 0.188. The molecule has 0 unspecified atom stereocenters. The average Bonchev–Trinajstić information content (AvgIpc) is 3.57. The summed E-state index contributed by atoms with van der Waals surface area (Å²) in [5.74, 6) is -2.24. The summed E-state index contributed by atoms with van der Waals surface area (Å²) in [7, 11) is 2.59. The Bertz CT molecular complexity index is 2120. The summed E-state index contributed by atoms with van der Waals surface area (Å²) in [6.45, 7) is -1.22. The van der Waals surface area contributed by atoms with Crippen LogP contribution in [0.3, 0.4) is 0 Å². The van der Waals surface area contributed by atoms with Crippen molar-refractivity contribution in [3.63, 3.8) is 0 Å². The molecule has 0 radical (unpaired) electrons. The lowest BCUT2D eigenvalue weighted by Crippen LogP contribution is -2.24. The van der Waals surface area contributed by atoms with Crippen molar-refractivity contribution in [3.8, 4) is 0 Å². The molecule has 0 saturated carbocycles. The number of esters is 2. The van der Waals surface area contributed by atoms with Crippen LogP contribution >= 0.6 is 22.7 Å². The number of methoxy groups -OCH3 is 2. The summed E-state index contributed by atoms with van der Waals surface area (Å²) in [6.07, 6.45) is 0. The van der Waals surface area contributed by atoms with E-state index in [4.69, 9.17) is 14.2 Å². The molecule has 11 nitrogen and oxygen atoms in total. The first-order chi connectivity index (χ1) is 21.9. The third-order valence-corrected chi connectivity index (χ3v) is 9.32. The molecule has 6 rings (SSSR count). The molecule has 0 bridgehead atoms. The Balaban J connectivity index is 1.25. The molecule has 0 aliphatic heterocycles. The van der Waals surface area contributed by atoms with E-state index in [9.17, 15) is 19.2 Å². The van der Waals surface area contributed by atoms with Gasteiger partial charge in [-0.2, -0.15) is 9.98 Å². The summed E-state index contributed by atoms with van der Waals surface area (Å²) in [5, 5.41) is 3.96. The normalized spacial score (nSPS) is 12.4. The van der Waals surface area contributed by atoms with E-state index in [1.165, 1.54) is 36.9 Å². The van der Waals surface area contributed by atoms with Gasteiger partial charge in [0.1, 0.15) is 26.3 Å². The number of benzene rings is 4. The van der Waals surface area contributed by atoms with Gasteiger partial charge >= 0.3 is 11.9 Å². The smallest absolute Gasteiger partial charge is 0.325 e. The molecular weight excluding hydrogens is 617 g/mol.